The molecule has 1 aliphatic carbocycles. The molecule has 0 spiro atoms. The van der Waals surface area contributed by atoms with Crippen molar-refractivity contribution in [2.24, 2.45) is 11.1 Å². The molecule has 0 aromatic heterocycles. The van der Waals surface area contributed by atoms with Crippen molar-refractivity contribution >= 4 is 17.3 Å². The van der Waals surface area contributed by atoms with E-state index in [-0.39, 0.29) is 0 Å². The van der Waals surface area contributed by atoms with Gasteiger partial charge in [0, 0.05) is 19.0 Å². The number of benzene rings is 1. The van der Waals surface area contributed by atoms with Crippen LogP contribution in [0.1, 0.15) is 12.8 Å². The molecule has 0 unspecified atom stereocenters. The quantitative estimate of drug-likeness (QED) is 0.852. The van der Waals surface area contributed by atoms with Crippen LogP contribution < -0.4 is 10.6 Å². The van der Waals surface area contributed by atoms with E-state index in [1.165, 1.54) is 12.8 Å². The first-order valence-corrected chi connectivity index (χ1v) is 5.70. The maximum Gasteiger partial charge on any atom is 0.0639 e. The van der Waals surface area contributed by atoms with Crippen LogP contribution >= 0.6 is 11.6 Å². The normalized spacial score (nSPS) is 17.5. The summed E-state index contributed by atoms with van der Waals surface area (Å²) < 4.78 is 0. The van der Waals surface area contributed by atoms with Gasteiger partial charge in [0.05, 0.1) is 10.7 Å². The Morgan fingerprint density at radius 1 is 1.40 bits per heavy atom. The molecule has 1 aromatic carbocycles. The molecule has 0 amide bonds. The van der Waals surface area contributed by atoms with Gasteiger partial charge in [-0.25, -0.2) is 0 Å². The summed E-state index contributed by atoms with van der Waals surface area (Å²) in [7, 11) is 2.08. The maximum absolute atomic E-state index is 6.14. The Balaban J connectivity index is 2.08. The molecule has 0 atom stereocenters. The molecule has 0 bridgehead atoms. The first-order valence-electron chi connectivity index (χ1n) is 5.33. The second-order valence-electron chi connectivity index (χ2n) is 4.51. The minimum atomic E-state index is 0.355. The van der Waals surface area contributed by atoms with Gasteiger partial charge < -0.3 is 10.6 Å². The number of para-hydroxylation sites is 1. The van der Waals surface area contributed by atoms with Crippen molar-refractivity contribution < 1.29 is 0 Å². The van der Waals surface area contributed by atoms with Crippen LogP contribution in [-0.2, 0) is 0 Å². The van der Waals surface area contributed by atoms with Gasteiger partial charge in [0.1, 0.15) is 0 Å². The molecule has 2 rings (SSSR count). The van der Waals surface area contributed by atoms with Crippen LogP contribution in [0.15, 0.2) is 24.3 Å². The van der Waals surface area contributed by atoms with Crippen molar-refractivity contribution in [2.75, 3.05) is 25.0 Å². The third kappa shape index (κ3) is 2.27. The summed E-state index contributed by atoms with van der Waals surface area (Å²) in [4.78, 5) is 2.21. The Hall–Kier alpha value is -0.730. The highest BCUT2D eigenvalue weighted by molar-refractivity contribution is 6.33. The van der Waals surface area contributed by atoms with Gasteiger partial charge in [-0.1, -0.05) is 23.7 Å². The summed E-state index contributed by atoms with van der Waals surface area (Å²) in [5, 5.41) is 0.813. The summed E-state index contributed by atoms with van der Waals surface area (Å²) in [6, 6.07) is 7.94. The summed E-state index contributed by atoms with van der Waals surface area (Å²) in [6.07, 6.45) is 2.50. The molecular weight excluding hydrogens is 208 g/mol. The minimum absolute atomic E-state index is 0.355. The van der Waals surface area contributed by atoms with E-state index >= 15 is 0 Å². The van der Waals surface area contributed by atoms with Crippen molar-refractivity contribution in [2.45, 2.75) is 12.8 Å². The van der Waals surface area contributed by atoms with Crippen LogP contribution in [0.5, 0.6) is 0 Å². The molecule has 0 heterocycles. The molecule has 0 radical (unpaired) electrons. The average molecular weight is 225 g/mol. The Labute approximate surface area is 96.0 Å². The number of nitrogens with zero attached hydrogens (tertiary/aromatic N) is 1. The Kier molecular flexibility index (Phi) is 2.89. The average Bonchev–Trinajstić information content (AvgIpc) is 2.99. The first kappa shape index (κ1) is 10.8. The van der Waals surface area contributed by atoms with Crippen molar-refractivity contribution in [1.29, 1.82) is 0 Å². The Morgan fingerprint density at radius 3 is 2.60 bits per heavy atom. The van der Waals surface area contributed by atoms with Crippen molar-refractivity contribution in [3.8, 4) is 0 Å². The summed E-state index contributed by atoms with van der Waals surface area (Å²) in [6.45, 7) is 1.79. The lowest BCUT2D eigenvalue weighted by Crippen LogP contribution is -2.31. The SMILES string of the molecule is CN(CC1(CN)CC1)c1ccccc1Cl. The van der Waals surface area contributed by atoms with E-state index in [4.69, 9.17) is 17.3 Å². The Bertz CT molecular complexity index is 347. The van der Waals surface area contributed by atoms with Crippen LogP contribution in [0.4, 0.5) is 5.69 Å². The van der Waals surface area contributed by atoms with Gasteiger partial charge in [-0.15, -0.1) is 0 Å². The molecule has 0 aliphatic heterocycles. The number of halogens is 1. The van der Waals surface area contributed by atoms with Crippen LogP contribution in [0.25, 0.3) is 0 Å². The highest BCUT2D eigenvalue weighted by Gasteiger charge is 2.42. The zero-order valence-corrected chi connectivity index (χ0v) is 9.80. The fourth-order valence-electron chi connectivity index (χ4n) is 1.95. The Morgan fingerprint density at radius 2 is 2.07 bits per heavy atom. The number of hydrogen-bond acceptors (Lipinski definition) is 2. The first-order chi connectivity index (χ1) is 7.17. The zero-order valence-electron chi connectivity index (χ0n) is 9.04. The monoisotopic (exact) mass is 224 g/mol. The highest BCUT2D eigenvalue weighted by Crippen LogP contribution is 2.45. The molecule has 15 heavy (non-hydrogen) atoms. The smallest absolute Gasteiger partial charge is 0.0639 e. The minimum Gasteiger partial charge on any atom is -0.373 e. The van der Waals surface area contributed by atoms with E-state index in [2.05, 4.69) is 18.0 Å². The number of anilines is 1. The third-order valence-electron chi connectivity index (χ3n) is 3.23. The van der Waals surface area contributed by atoms with Crippen molar-refractivity contribution in [1.82, 2.24) is 0 Å². The zero-order chi connectivity index (χ0) is 10.9. The van der Waals surface area contributed by atoms with Crippen LogP contribution in [0.3, 0.4) is 0 Å². The highest BCUT2D eigenvalue weighted by atomic mass is 35.5. The molecule has 3 heteroatoms. The molecule has 1 aromatic rings. The van der Waals surface area contributed by atoms with E-state index < -0.39 is 0 Å². The van der Waals surface area contributed by atoms with Gasteiger partial charge in [0.25, 0.3) is 0 Å². The number of rotatable bonds is 4. The number of nitrogens with two attached hydrogens (primary N) is 1. The third-order valence-corrected chi connectivity index (χ3v) is 3.55. The molecule has 0 saturated heterocycles. The van der Waals surface area contributed by atoms with Crippen LogP contribution in [-0.4, -0.2) is 20.1 Å². The second-order valence-corrected chi connectivity index (χ2v) is 4.92. The van der Waals surface area contributed by atoms with Crippen molar-refractivity contribution in [3.63, 3.8) is 0 Å². The molecule has 1 saturated carbocycles. The topological polar surface area (TPSA) is 29.3 Å². The van der Waals surface area contributed by atoms with Gasteiger partial charge in [0.2, 0.25) is 0 Å². The number of hydrogen-bond donors (Lipinski definition) is 1. The lowest BCUT2D eigenvalue weighted by molar-refractivity contribution is 0.523. The summed E-state index contributed by atoms with van der Waals surface area (Å²) in [5.41, 5.74) is 7.22. The lowest BCUT2D eigenvalue weighted by Gasteiger charge is -2.25. The van der Waals surface area contributed by atoms with E-state index in [9.17, 15) is 0 Å². The summed E-state index contributed by atoms with van der Waals surface area (Å²) >= 11 is 6.14. The molecule has 82 valence electrons. The van der Waals surface area contributed by atoms with Crippen molar-refractivity contribution in [3.05, 3.63) is 29.3 Å². The standard InChI is InChI=1S/C12H17ClN2/c1-15(9-12(8-14)6-7-12)11-5-3-2-4-10(11)13/h2-5H,6-9,14H2,1H3. The van der Waals surface area contributed by atoms with Crippen LogP contribution in [0, 0.1) is 5.41 Å². The largest absolute Gasteiger partial charge is 0.373 e. The second kappa shape index (κ2) is 4.03. The molecule has 1 fully saturated rings. The van der Waals surface area contributed by atoms with E-state index in [1.54, 1.807) is 0 Å². The molecule has 2 N–H and O–H groups in total. The molecular formula is C12H17ClN2. The van der Waals surface area contributed by atoms with E-state index in [0.717, 1.165) is 23.8 Å². The van der Waals surface area contributed by atoms with E-state index in [1.807, 2.05) is 18.2 Å². The predicted molar refractivity (Wildman–Crippen MR) is 65.4 cm³/mol. The van der Waals surface area contributed by atoms with Gasteiger partial charge in [-0.2, -0.15) is 0 Å². The summed E-state index contributed by atoms with van der Waals surface area (Å²) in [5.74, 6) is 0. The van der Waals surface area contributed by atoms with Gasteiger partial charge >= 0.3 is 0 Å². The van der Waals surface area contributed by atoms with Gasteiger partial charge in [0.15, 0.2) is 0 Å². The molecule has 1 aliphatic rings. The van der Waals surface area contributed by atoms with Gasteiger partial charge in [-0.3, -0.25) is 0 Å². The van der Waals surface area contributed by atoms with Crippen LogP contribution in [0.2, 0.25) is 5.02 Å². The fourth-order valence-corrected chi connectivity index (χ4v) is 2.23. The predicted octanol–water partition coefficient (Wildman–Crippen LogP) is 2.52. The van der Waals surface area contributed by atoms with Gasteiger partial charge in [-0.05, 0) is 31.5 Å². The lowest BCUT2D eigenvalue weighted by atomic mass is 10.1. The van der Waals surface area contributed by atoms with E-state index in [0.29, 0.717) is 5.41 Å². The molecule has 2 nitrogen and oxygen atoms in total. The fraction of sp³-hybridized carbons (Fsp3) is 0.500. The maximum atomic E-state index is 6.14.